The molecule has 2 atom stereocenters. The molecule has 10 heteroatoms. The molecule has 2 aliphatic rings. The average molecular weight is 693 g/mol. The Morgan fingerprint density at radius 2 is 1.24 bits per heavy atom. The van der Waals surface area contributed by atoms with E-state index in [1.807, 2.05) is 39.8 Å². The first-order chi connectivity index (χ1) is 24.0. The number of phenolic OH excluding ortho intramolecular Hbond substituents is 1. The van der Waals surface area contributed by atoms with Crippen LogP contribution in [-0.4, -0.2) is 96.9 Å². The highest BCUT2D eigenvalue weighted by Gasteiger charge is 2.26. The van der Waals surface area contributed by atoms with Crippen LogP contribution in [0.1, 0.15) is 77.3 Å². The number of hydrogen-bond acceptors (Lipinski definition) is 10. The molecule has 2 aromatic carbocycles. The van der Waals surface area contributed by atoms with Crippen molar-refractivity contribution in [3.63, 3.8) is 0 Å². The topological polar surface area (TPSA) is 125 Å². The molecule has 3 N–H and O–H groups in total. The van der Waals surface area contributed by atoms with Gasteiger partial charge in [0.1, 0.15) is 53.5 Å². The second-order valence-electron chi connectivity index (χ2n) is 14.4. The van der Waals surface area contributed by atoms with Gasteiger partial charge in [-0.3, -0.25) is 4.79 Å². The lowest BCUT2D eigenvalue weighted by molar-refractivity contribution is 0.0608. The number of ether oxygens (including phenoxy) is 3. The first-order valence-electron chi connectivity index (χ1n) is 18.2. The monoisotopic (exact) mass is 692 g/mol. The maximum Gasteiger partial charge on any atom is 0.204 e. The fourth-order valence-electron chi connectivity index (χ4n) is 7.02. The smallest absolute Gasteiger partial charge is 0.204 e. The molecule has 3 aromatic rings. The van der Waals surface area contributed by atoms with E-state index in [4.69, 9.17) is 18.6 Å². The van der Waals surface area contributed by atoms with Crippen molar-refractivity contribution in [3.8, 4) is 23.0 Å². The number of aliphatic hydroxyl groups excluding tert-OH is 2. The van der Waals surface area contributed by atoms with Gasteiger partial charge in [0.15, 0.2) is 11.5 Å². The summed E-state index contributed by atoms with van der Waals surface area (Å²) in [7, 11) is 1.53. The van der Waals surface area contributed by atoms with Gasteiger partial charge in [0.2, 0.25) is 5.43 Å². The Morgan fingerprint density at radius 1 is 0.760 bits per heavy atom. The Balaban J connectivity index is 1.56. The molecular weight excluding hydrogens is 636 g/mol. The molecule has 50 heavy (non-hydrogen) atoms. The molecule has 2 fully saturated rings. The summed E-state index contributed by atoms with van der Waals surface area (Å²) in [5.74, 6) is 0.894. The number of hydrogen-bond donors (Lipinski definition) is 3. The lowest BCUT2D eigenvalue weighted by Crippen LogP contribution is -2.38. The van der Waals surface area contributed by atoms with E-state index in [9.17, 15) is 20.1 Å². The van der Waals surface area contributed by atoms with Gasteiger partial charge < -0.3 is 43.7 Å². The molecule has 3 heterocycles. The van der Waals surface area contributed by atoms with Crippen molar-refractivity contribution in [1.82, 2.24) is 9.80 Å². The molecule has 0 amide bonds. The molecule has 10 nitrogen and oxygen atoms in total. The van der Waals surface area contributed by atoms with Gasteiger partial charge in [0.25, 0.3) is 0 Å². The summed E-state index contributed by atoms with van der Waals surface area (Å²) >= 11 is 0. The van der Waals surface area contributed by atoms with Crippen molar-refractivity contribution in [3.05, 3.63) is 56.8 Å². The molecule has 0 radical (unpaired) electrons. The summed E-state index contributed by atoms with van der Waals surface area (Å²) < 4.78 is 24.7. The second-order valence-corrected chi connectivity index (χ2v) is 14.4. The number of allylic oxidation sites excluding steroid dienone is 4. The first-order valence-corrected chi connectivity index (χ1v) is 18.2. The Kier molecular flexibility index (Phi) is 13.2. The van der Waals surface area contributed by atoms with Crippen molar-refractivity contribution in [2.24, 2.45) is 0 Å². The van der Waals surface area contributed by atoms with Crippen LogP contribution < -0.4 is 19.6 Å². The Labute approximate surface area is 295 Å². The normalized spacial score (nSPS) is 17.0. The van der Waals surface area contributed by atoms with Crippen LogP contribution in [0, 0.1) is 0 Å². The highest BCUT2D eigenvalue weighted by atomic mass is 16.5. The van der Waals surface area contributed by atoms with E-state index in [-0.39, 0.29) is 40.9 Å². The largest absolute Gasteiger partial charge is 0.507 e. The Hall–Kier alpha value is -3.57. The van der Waals surface area contributed by atoms with Crippen LogP contribution in [0.2, 0.25) is 0 Å². The molecule has 2 aliphatic heterocycles. The minimum absolute atomic E-state index is 0.0306. The van der Waals surface area contributed by atoms with Gasteiger partial charge in [0.05, 0.1) is 12.5 Å². The maximum absolute atomic E-state index is 14.4. The van der Waals surface area contributed by atoms with Gasteiger partial charge in [-0.2, -0.15) is 0 Å². The third kappa shape index (κ3) is 9.40. The molecule has 5 rings (SSSR count). The van der Waals surface area contributed by atoms with Crippen molar-refractivity contribution in [2.45, 2.75) is 91.3 Å². The second kappa shape index (κ2) is 17.6. The number of nitrogens with zero attached hydrogens (tertiary/aromatic N) is 2. The summed E-state index contributed by atoms with van der Waals surface area (Å²) in [6, 6.07) is 3.27. The van der Waals surface area contributed by atoms with E-state index >= 15 is 0 Å². The Bertz CT molecular complexity index is 1730. The van der Waals surface area contributed by atoms with E-state index in [1.54, 1.807) is 12.1 Å². The lowest BCUT2D eigenvalue weighted by Gasteiger charge is -2.28. The number of likely N-dealkylation sites (tertiary alicyclic amines) is 2. The molecule has 274 valence electrons. The number of methoxy groups -OCH3 is 1. The summed E-state index contributed by atoms with van der Waals surface area (Å²) in [6.07, 6.45) is 10.2. The molecule has 0 saturated carbocycles. The fourth-order valence-corrected chi connectivity index (χ4v) is 7.02. The van der Waals surface area contributed by atoms with Crippen LogP contribution in [0.4, 0.5) is 0 Å². The van der Waals surface area contributed by atoms with Crippen LogP contribution in [-0.2, 0) is 12.8 Å². The molecule has 2 saturated heterocycles. The number of benzene rings is 2. The Morgan fingerprint density at radius 3 is 1.76 bits per heavy atom. The molecule has 2 unspecified atom stereocenters. The minimum atomic E-state index is -0.721. The van der Waals surface area contributed by atoms with Crippen LogP contribution in [0.3, 0.4) is 0 Å². The highest BCUT2D eigenvalue weighted by molar-refractivity contribution is 5.98. The predicted octanol–water partition coefficient (Wildman–Crippen LogP) is 6.13. The van der Waals surface area contributed by atoms with Crippen molar-refractivity contribution in [1.29, 1.82) is 0 Å². The van der Waals surface area contributed by atoms with Gasteiger partial charge in [-0.1, -0.05) is 36.1 Å². The summed E-state index contributed by atoms with van der Waals surface area (Å²) in [5, 5.41) is 33.8. The number of rotatable bonds is 15. The van der Waals surface area contributed by atoms with Crippen molar-refractivity contribution in [2.75, 3.05) is 59.6 Å². The number of aliphatic hydroxyl groups is 2. The van der Waals surface area contributed by atoms with E-state index in [0.29, 0.717) is 59.7 Å². The van der Waals surface area contributed by atoms with E-state index < -0.39 is 12.2 Å². The number of fused-ring (bicyclic) bond motifs is 2. The van der Waals surface area contributed by atoms with Gasteiger partial charge >= 0.3 is 0 Å². The molecular formula is C40H56N2O8. The molecule has 1 aromatic heterocycles. The fraction of sp³-hybridized carbons (Fsp3) is 0.575. The van der Waals surface area contributed by atoms with Gasteiger partial charge in [0, 0.05) is 36.3 Å². The summed E-state index contributed by atoms with van der Waals surface area (Å²) in [5.41, 5.74) is 3.19. The van der Waals surface area contributed by atoms with Gasteiger partial charge in [-0.05, 0) is 92.4 Å². The van der Waals surface area contributed by atoms with Crippen molar-refractivity contribution >= 4 is 21.9 Å². The number of β-amino-alcohol motifs (C(OH)–C–C–N with tert-alkyl or cyclic N) is 2. The number of piperidine rings is 2. The van der Waals surface area contributed by atoms with Gasteiger partial charge in [-0.15, -0.1) is 0 Å². The first kappa shape index (κ1) is 37.7. The van der Waals surface area contributed by atoms with Crippen LogP contribution in [0.25, 0.3) is 21.9 Å². The van der Waals surface area contributed by atoms with Crippen molar-refractivity contribution < 1.29 is 33.9 Å². The molecule has 0 aliphatic carbocycles. The van der Waals surface area contributed by atoms with E-state index in [1.165, 1.54) is 20.0 Å². The van der Waals surface area contributed by atoms with Gasteiger partial charge in [-0.25, -0.2) is 0 Å². The standard InChI is InChI=1S/C40H56N2O8/c1-26(2)12-14-30-32(48-24-28(43)22-41-16-8-6-9-17-41)20-34-37(38(30)45)39(46)36-31(15-13-27(3)4)40(47-5)35(21-33(36)50-34)49-25-29(44)23-42-18-10-7-11-19-42/h12-13,20-21,28-29,43-45H,6-11,14-19,22-25H2,1-5H3. The number of phenols is 1. The maximum atomic E-state index is 14.4. The van der Waals surface area contributed by atoms with E-state index in [2.05, 4.69) is 9.80 Å². The number of aromatic hydroxyl groups is 1. The third-order valence-electron chi connectivity index (χ3n) is 9.64. The van der Waals surface area contributed by atoms with E-state index in [0.717, 1.165) is 63.0 Å². The predicted molar refractivity (Wildman–Crippen MR) is 198 cm³/mol. The minimum Gasteiger partial charge on any atom is -0.507 e. The van der Waals surface area contributed by atoms with Crippen LogP contribution in [0.5, 0.6) is 23.0 Å². The zero-order valence-electron chi connectivity index (χ0n) is 30.6. The van der Waals surface area contributed by atoms with Crippen LogP contribution >= 0.6 is 0 Å². The average Bonchev–Trinajstić information content (AvgIpc) is 3.08. The van der Waals surface area contributed by atoms with Crippen LogP contribution in [0.15, 0.2) is 44.6 Å². The summed E-state index contributed by atoms with van der Waals surface area (Å²) in [6.45, 7) is 12.9. The summed E-state index contributed by atoms with van der Waals surface area (Å²) in [4.78, 5) is 18.9. The SMILES string of the molecule is COc1c(OCC(O)CN2CCCCC2)cc2oc3cc(OCC(O)CN4CCCCC4)c(CC=C(C)C)c(O)c3c(=O)c2c1CC=C(C)C. The molecule has 0 spiro atoms. The lowest BCUT2D eigenvalue weighted by atomic mass is 9.98. The quantitative estimate of drug-likeness (QED) is 0.127. The zero-order valence-corrected chi connectivity index (χ0v) is 30.6. The highest BCUT2D eigenvalue weighted by Crippen LogP contribution is 2.42. The third-order valence-corrected chi connectivity index (χ3v) is 9.64. The molecule has 0 bridgehead atoms. The zero-order chi connectivity index (χ0) is 35.8.